The molecule has 0 bridgehead atoms. The van der Waals surface area contributed by atoms with E-state index in [4.69, 9.17) is 21.1 Å². The van der Waals surface area contributed by atoms with Gasteiger partial charge in [-0.25, -0.2) is 9.59 Å². The number of aliphatic carboxylic acids is 3. The highest BCUT2D eigenvalue weighted by molar-refractivity contribution is 5.88. The van der Waals surface area contributed by atoms with Crippen molar-refractivity contribution in [3.63, 3.8) is 0 Å². The molecule has 4 unspecified atom stereocenters. The number of hydrogen-bond acceptors (Lipinski definition) is 7. The summed E-state index contributed by atoms with van der Waals surface area (Å²) in [5.41, 5.74) is 6.35. The maximum atomic E-state index is 12.0. The van der Waals surface area contributed by atoms with Crippen LogP contribution in [0.1, 0.15) is 119 Å². The molecule has 44 heavy (non-hydrogen) atoms. The lowest BCUT2D eigenvalue weighted by molar-refractivity contribution is -0.143. The monoisotopic (exact) mass is 628 g/mol. The average molecular weight is 629 g/mol. The molecule has 254 valence electrons. The van der Waals surface area contributed by atoms with Crippen molar-refractivity contribution in [2.45, 2.75) is 143 Å². The van der Waals surface area contributed by atoms with Crippen LogP contribution in [0.3, 0.4) is 0 Å². The van der Waals surface area contributed by atoms with Gasteiger partial charge in [-0.15, -0.1) is 0 Å². The molecule has 1 saturated carbocycles. The molecule has 1 aliphatic carbocycles. The van der Waals surface area contributed by atoms with E-state index in [9.17, 15) is 28.8 Å². The Balaban J connectivity index is 0.00000103. The van der Waals surface area contributed by atoms with Crippen LogP contribution in [0.25, 0.3) is 0 Å². The number of amides is 3. The lowest BCUT2D eigenvalue weighted by atomic mass is 9.69. The predicted octanol–water partition coefficient (Wildman–Crippen LogP) is 3.04. The molecule has 0 radical (unpaired) electrons. The molecule has 4 atom stereocenters. The van der Waals surface area contributed by atoms with Crippen LogP contribution in [0.2, 0.25) is 0 Å². The molecule has 13 nitrogen and oxygen atoms in total. The molecular weight excluding hydrogens is 572 g/mol. The molecular formula is C31H56N4O9. The maximum Gasteiger partial charge on any atom is 0.326 e. The molecule has 13 heteroatoms. The first-order valence-electron chi connectivity index (χ1n) is 15.5. The van der Waals surface area contributed by atoms with Crippen LogP contribution < -0.4 is 21.7 Å². The first-order valence-corrected chi connectivity index (χ1v) is 15.5. The van der Waals surface area contributed by atoms with Crippen molar-refractivity contribution < 1.29 is 44.1 Å². The van der Waals surface area contributed by atoms with Crippen LogP contribution in [-0.2, 0) is 28.8 Å². The van der Waals surface area contributed by atoms with Gasteiger partial charge in [0, 0.05) is 6.42 Å². The molecule has 0 aromatic rings. The number of nitrogens with one attached hydrogen (secondary N) is 3. The maximum absolute atomic E-state index is 12.0. The summed E-state index contributed by atoms with van der Waals surface area (Å²) in [7, 11) is 0. The van der Waals surface area contributed by atoms with Crippen LogP contribution in [-0.4, -0.2) is 75.6 Å². The highest BCUT2D eigenvalue weighted by Crippen LogP contribution is 2.41. The Morgan fingerprint density at radius 3 is 1.86 bits per heavy atom. The first kappa shape index (κ1) is 40.8. The van der Waals surface area contributed by atoms with E-state index in [1.165, 1.54) is 51.9 Å². The van der Waals surface area contributed by atoms with Gasteiger partial charge in [0.15, 0.2) is 0 Å². The summed E-state index contributed by atoms with van der Waals surface area (Å²) in [6, 6.07) is -4.83. The quantitative estimate of drug-likeness (QED) is 0.110. The normalized spacial score (nSPS) is 16.6. The highest BCUT2D eigenvalue weighted by Gasteiger charge is 2.29. The third kappa shape index (κ3) is 19.1. The van der Waals surface area contributed by atoms with E-state index in [1.54, 1.807) is 0 Å². The van der Waals surface area contributed by atoms with E-state index in [2.05, 4.69) is 50.6 Å². The smallest absolute Gasteiger partial charge is 0.326 e. The van der Waals surface area contributed by atoms with E-state index in [1.807, 2.05) is 0 Å². The van der Waals surface area contributed by atoms with Gasteiger partial charge in [-0.3, -0.25) is 19.2 Å². The molecule has 1 aliphatic rings. The van der Waals surface area contributed by atoms with E-state index in [0.29, 0.717) is 10.8 Å². The number of carbonyl (C=O) groups is 6. The topological polar surface area (TPSA) is 225 Å². The van der Waals surface area contributed by atoms with Crippen molar-refractivity contribution in [3.05, 3.63) is 0 Å². The summed E-state index contributed by atoms with van der Waals surface area (Å²) in [5, 5.41) is 33.5. The van der Waals surface area contributed by atoms with Crippen molar-refractivity contribution in [2.24, 2.45) is 22.5 Å². The Bertz CT molecular complexity index is 943. The summed E-state index contributed by atoms with van der Waals surface area (Å²) in [5.74, 6) is -4.44. The Hall–Kier alpha value is -3.22. The lowest BCUT2D eigenvalue weighted by Gasteiger charge is -2.36. The van der Waals surface area contributed by atoms with Crippen molar-refractivity contribution in [2.75, 3.05) is 0 Å². The van der Waals surface area contributed by atoms with Crippen molar-refractivity contribution in [1.82, 2.24) is 16.0 Å². The third-order valence-electron chi connectivity index (χ3n) is 7.52. The zero-order valence-corrected chi connectivity index (χ0v) is 27.3. The first-order chi connectivity index (χ1) is 20.3. The fourth-order valence-electron chi connectivity index (χ4n) is 5.88. The molecule has 8 N–H and O–H groups in total. The minimum Gasteiger partial charge on any atom is -0.480 e. The fraction of sp³-hybridized carbons (Fsp3) is 0.806. The van der Waals surface area contributed by atoms with Gasteiger partial charge in [0.25, 0.3) is 0 Å². The molecule has 0 heterocycles. The SMILES string of the molecule is CC(C)(C)CC(C)(C)CC1CCCCC1.CC(NC=O)C(=O)NC(CCC(=O)NC(CCCC(N)C(=O)O)C(=O)O)C(=O)O. The lowest BCUT2D eigenvalue weighted by Crippen LogP contribution is -2.49. The van der Waals surface area contributed by atoms with Crippen LogP contribution in [0.15, 0.2) is 0 Å². The van der Waals surface area contributed by atoms with Gasteiger partial charge in [-0.1, -0.05) is 66.7 Å². The van der Waals surface area contributed by atoms with E-state index in [0.717, 1.165) is 5.92 Å². The third-order valence-corrected chi connectivity index (χ3v) is 7.52. The van der Waals surface area contributed by atoms with Crippen LogP contribution in [0, 0.1) is 16.7 Å². The Morgan fingerprint density at radius 1 is 0.841 bits per heavy atom. The highest BCUT2D eigenvalue weighted by atomic mass is 16.4. The molecule has 3 amide bonds. The van der Waals surface area contributed by atoms with Gasteiger partial charge in [-0.05, 0) is 62.2 Å². The van der Waals surface area contributed by atoms with Crippen molar-refractivity contribution in [3.8, 4) is 0 Å². The standard InChI is InChI=1S/C16H26N4O9.C15H30/c1-8(18-7-21)13(23)20-11(16(28)29)5-6-12(22)19-10(15(26)27)4-2-3-9(17)14(24)25;1-14(2,3)12-15(4,5)11-13-9-7-6-8-10-13/h7-11H,2-6,17H2,1H3,(H,18,21)(H,19,22)(H,20,23)(H,24,25)(H,26,27)(H,28,29);13H,6-12H2,1-5H3. The van der Waals surface area contributed by atoms with Gasteiger partial charge in [0.05, 0.1) is 0 Å². The zero-order valence-electron chi connectivity index (χ0n) is 27.3. The number of carbonyl (C=O) groups excluding carboxylic acids is 3. The molecule has 0 aliphatic heterocycles. The number of rotatable bonds is 18. The Labute approximate surface area is 261 Å². The fourth-order valence-corrected chi connectivity index (χ4v) is 5.88. The van der Waals surface area contributed by atoms with Crippen molar-refractivity contribution in [1.29, 1.82) is 0 Å². The molecule has 0 aromatic heterocycles. The van der Waals surface area contributed by atoms with Crippen molar-refractivity contribution >= 4 is 36.1 Å². The summed E-state index contributed by atoms with van der Waals surface area (Å²) >= 11 is 0. The van der Waals surface area contributed by atoms with Gasteiger partial charge in [0.2, 0.25) is 18.2 Å². The van der Waals surface area contributed by atoms with Gasteiger partial charge in [-0.2, -0.15) is 0 Å². The largest absolute Gasteiger partial charge is 0.480 e. The Morgan fingerprint density at radius 2 is 1.39 bits per heavy atom. The molecule has 0 aromatic carbocycles. The second kappa shape index (κ2) is 19.9. The van der Waals surface area contributed by atoms with Crippen LogP contribution in [0.4, 0.5) is 0 Å². The van der Waals surface area contributed by atoms with Gasteiger partial charge < -0.3 is 37.0 Å². The zero-order chi connectivity index (χ0) is 34.1. The number of carboxylic acid groups (broad SMARTS) is 3. The number of nitrogens with two attached hydrogens (primary N) is 1. The van der Waals surface area contributed by atoms with Crippen LogP contribution >= 0.6 is 0 Å². The molecule has 1 rings (SSSR count). The molecule has 0 spiro atoms. The number of carboxylic acids is 3. The Kier molecular flexibility index (Phi) is 18.5. The summed E-state index contributed by atoms with van der Waals surface area (Å²) in [6.45, 7) is 13.4. The summed E-state index contributed by atoms with van der Waals surface area (Å²) in [6.07, 6.45) is 9.93. The summed E-state index contributed by atoms with van der Waals surface area (Å²) < 4.78 is 0. The van der Waals surface area contributed by atoms with E-state index in [-0.39, 0.29) is 38.5 Å². The molecule has 1 fully saturated rings. The summed E-state index contributed by atoms with van der Waals surface area (Å²) in [4.78, 5) is 67.1. The molecule has 0 saturated heterocycles. The second-order valence-corrected chi connectivity index (χ2v) is 13.9. The predicted molar refractivity (Wildman–Crippen MR) is 166 cm³/mol. The average Bonchev–Trinajstić information content (AvgIpc) is 2.89. The van der Waals surface area contributed by atoms with E-state index >= 15 is 0 Å². The van der Waals surface area contributed by atoms with Gasteiger partial charge >= 0.3 is 17.9 Å². The number of hydrogen-bond donors (Lipinski definition) is 7. The minimum absolute atomic E-state index is 0.0229. The van der Waals surface area contributed by atoms with Gasteiger partial charge in [0.1, 0.15) is 24.2 Å². The second-order valence-electron chi connectivity index (χ2n) is 13.9. The van der Waals surface area contributed by atoms with Crippen LogP contribution in [0.5, 0.6) is 0 Å². The van der Waals surface area contributed by atoms with E-state index < -0.39 is 53.9 Å². The minimum atomic E-state index is -1.42.